The van der Waals surface area contributed by atoms with Crippen LogP contribution in [0.5, 0.6) is 0 Å². The molecule has 1 aromatic carbocycles. The van der Waals surface area contributed by atoms with Crippen molar-refractivity contribution in [1.29, 1.82) is 0 Å². The first-order chi connectivity index (χ1) is 7.84. The van der Waals surface area contributed by atoms with Crippen LogP contribution in [0.25, 0.3) is 0 Å². The molecule has 0 saturated heterocycles. The smallest absolute Gasteiger partial charge is 0.238 e. The highest BCUT2D eigenvalue weighted by molar-refractivity contribution is 7.99. The van der Waals surface area contributed by atoms with Crippen LogP contribution in [0.1, 0.15) is 12.5 Å². The Morgan fingerprint density at radius 1 is 1.47 bits per heavy atom. The average Bonchev–Trinajstić information content (AvgIpc) is 2.18. The Hall–Kier alpha value is -0.630. The summed E-state index contributed by atoms with van der Waals surface area (Å²) in [4.78, 5) is 1.39. The van der Waals surface area contributed by atoms with E-state index in [0.29, 0.717) is 11.4 Å². The van der Waals surface area contributed by atoms with Gasteiger partial charge in [-0.25, -0.2) is 13.6 Å². The quantitative estimate of drug-likeness (QED) is 0.630. The van der Waals surface area contributed by atoms with Gasteiger partial charge in [-0.2, -0.15) is 0 Å². The lowest BCUT2D eigenvalue weighted by atomic mass is 10.1. The predicted molar refractivity (Wildman–Crippen MR) is 74.7 cm³/mol. The number of nitrogens with two attached hydrogens (primary N) is 2. The fourth-order valence-electron chi connectivity index (χ4n) is 1.35. The maximum Gasteiger partial charge on any atom is 0.238 e. The molecule has 1 aromatic rings. The van der Waals surface area contributed by atoms with Gasteiger partial charge in [0.25, 0.3) is 0 Å². The van der Waals surface area contributed by atoms with Gasteiger partial charge in [-0.05, 0) is 29.5 Å². The van der Waals surface area contributed by atoms with Gasteiger partial charge < -0.3 is 5.73 Å². The van der Waals surface area contributed by atoms with E-state index in [1.807, 2.05) is 6.92 Å². The molecule has 0 heterocycles. The van der Waals surface area contributed by atoms with E-state index >= 15 is 0 Å². The van der Waals surface area contributed by atoms with Gasteiger partial charge >= 0.3 is 0 Å². The van der Waals surface area contributed by atoms with Gasteiger partial charge in [-0.3, -0.25) is 0 Å². The van der Waals surface area contributed by atoms with Crippen molar-refractivity contribution in [2.45, 2.75) is 23.1 Å². The lowest BCUT2D eigenvalue weighted by molar-refractivity contribution is 0.597. The number of hydrogen-bond donors (Lipinski definition) is 2. The molecule has 1 rings (SSSR count). The van der Waals surface area contributed by atoms with Gasteiger partial charge in [0, 0.05) is 11.3 Å². The number of primary sulfonamides is 1. The first kappa shape index (κ1) is 14.4. The summed E-state index contributed by atoms with van der Waals surface area (Å²) >= 11 is 6.46. The Balaban J connectivity index is 3.23. The minimum atomic E-state index is -3.69. The molecular weight excluding hydrogens is 276 g/mol. The van der Waals surface area contributed by atoms with Crippen molar-refractivity contribution in [2.75, 3.05) is 5.75 Å². The first-order valence-electron chi connectivity index (χ1n) is 4.91. The fraction of sp³-hybridized carbons (Fsp3) is 0.300. The molecule has 0 fully saturated rings. The molecule has 94 valence electrons. The van der Waals surface area contributed by atoms with Gasteiger partial charge in [0.1, 0.15) is 0 Å². The van der Waals surface area contributed by atoms with Crippen LogP contribution < -0.4 is 10.9 Å². The van der Waals surface area contributed by atoms with Crippen LogP contribution in [0.4, 0.5) is 0 Å². The molecular formula is C10H14N2O2S3. The average molecular weight is 290 g/mol. The molecule has 0 amide bonds. The van der Waals surface area contributed by atoms with Crippen molar-refractivity contribution >= 4 is 39.0 Å². The molecule has 4 N–H and O–H groups in total. The SMILES string of the molecule is CCSc1ccc(S(N)(=O)=O)cc1CC(N)=S. The number of thioether (sulfide) groups is 1. The molecule has 0 unspecified atom stereocenters. The third-order valence-electron chi connectivity index (χ3n) is 2.03. The van der Waals surface area contributed by atoms with E-state index in [1.165, 1.54) is 12.1 Å². The molecule has 0 atom stereocenters. The maximum atomic E-state index is 11.2. The molecule has 0 aliphatic heterocycles. The molecule has 0 spiro atoms. The van der Waals surface area contributed by atoms with Crippen molar-refractivity contribution < 1.29 is 8.42 Å². The topological polar surface area (TPSA) is 86.2 Å². The van der Waals surface area contributed by atoms with E-state index in [9.17, 15) is 8.42 Å². The largest absolute Gasteiger partial charge is 0.393 e. The molecule has 0 bridgehead atoms. The Labute approximate surface area is 111 Å². The minimum absolute atomic E-state index is 0.0872. The fourth-order valence-corrected chi connectivity index (χ4v) is 2.87. The highest BCUT2D eigenvalue weighted by atomic mass is 32.2. The van der Waals surface area contributed by atoms with E-state index in [0.717, 1.165) is 16.2 Å². The summed E-state index contributed by atoms with van der Waals surface area (Å²) in [6.07, 6.45) is 0.376. The molecule has 0 aliphatic carbocycles. The van der Waals surface area contributed by atoms with Crippen molar-refractivity contribution in [2.24, 2.45) is 10.9 Å². The van der Waals surface area contributed by atoms with Gasteiger partial charge in [0.05, 0.1) is 9.88 Å². The number of hydrogen-bond acceptors (Lipinski definition) is 4. The van der Waals surface area contributed by atoms with Gasteiger partial charge in [-0.1, -0.05) is 19.1 Å². The van der Waals surface area contributed by atoms with Crippen LogP contribution in [0.15, 0.2) is 28.0 Å². The second-order valence-corrected chi connectivity index (χ2v) is 6.78. The summed E-state index contributed by atoms with van der Waals surface area (Å²) < 4.78 is 22.5. The summed E-state index contributed by atoms with van der Waals surface area (Å²) in [5.41, 5.74) is 6.29. The number of sulfonamides is 1. The van der Waals surface area contributed by atoms with Crippen molar-refractivity contribution in [1.82, 2.24) is 0 Å². The van der Waals surface area contributed by atoms with Gasteiger partial charge in [0.15, 0.2) is 0 Å². The molecule has 0 aliphatic rings. The van der Waals surface area contributed by atoms with Crippen LogP contribution in [0.3, 0.4) is 0 Å². The highest BCUT2D eigenvalue weighted by Crippen LogP contribution is 2.25. The van der Waals surface area contributed by atoms with Crippen LogP contribution >= 0.6 is 24.0 Å². The second kappa shape index (κ2) is 5.81. The Bertz CT molecular complexity index is 526. The molecule has 17 heavy (non-hydrogen) atoms. The summed E-state index contributed by atoms with van der Waals surface area (Å²) in [5, 5.41) is 5.08. The van der Waals surface area contributed by atoms with E-state index in [-0.39, 0.29) is 4.90 Å². The zero-order valence-corrected chi connectivity index (χ0v) is 11.8. The normalized spacial score (nSPS) is 11.4. The third kappa shape index (κ3) is 4.27. The van der Waals surface area contributed by atoms with Crippen LogP contribution in [-0.2, 0) is 16.4 Å². The van der Waals surface area contributed by atoms with Crippen LogP contribution in [0, 0.1) is 0 Å². The maximum absolute atomic E-state index is 11.2. The third-order valence-corrected chi connectivity index (χ3v) is 4.08. The van der Waals surface area contributed by atoms with Crippen LogP contribution in [0.2, 0.25) is 0 Å². The first-order valence-corrected chi connectivity index (χ1v) is 7.85. The van der Waals surface area contributed by atoms with Gasteiger partial charge in [0.2, 0.25) is 10.0 Å². The van der Waals surface area contributed by atoms with Gasteiger partial charge in [-0.15, -0.1) is 11.8 Å². The summed E-state index contributed by atoms with van der Waals surface area (Å²) in [6.45, 7) is 2.02. The lowest BCUT2D eigenvalue weighted by Gasteiger charge is -2.09. The number of benzene rings is 1. The molecule has 7 heteroatoms. The van der Waals surface area contributed by atoms with E-state index in [2.05, 4.69) is 0 Å². The predicted octanol–water partition coefficient (Wildman–Crippen LogP) is 1.27. The monoisotopic (exact) mass is 290 g/mol. The Morgan fingerprint density at radius 2 is 2.12 bits per heavy atom. The minimum Gasteiger partial charge on any atom is -0.393 e. The van der Waals surface area contributed by atoms with Crippen molar-refractivity contribution in [3.8, 4) is 0 Å². The lowest BCUT2D eigenvalue weighted by Crippen LogP contribution is -2.15. The molecule has 0 radical (unpaired) electrons. The van der Waals surface area contributed by atoms with Crippen LogP contribution in [-0.4, -0.2) is 19.2 Å². The van der Waals surface area contributed by atoms with Crippen molar-refractivity contribution in [3.05, 3.63) is 23.8 Å². The summed E-state index contributed by atoms with van der Waals surface area (Å²) in [6, 6.07) is 4.77. The molecule has 4 nitrogen and oxygen atoms in total. The molecule has 0 aromatic heterocycles. The standard InChI is InChI=1S/C10H14N2O2S3/c1-2-16-9-4-3-8(17(12,13)14)5-7(9)6-10(11)15/h3-5H,2,6H2,1H3,(H2,11,15)(H2,12,13,14). The second-order valence-electron chi connectivity index (χ2n) is 3.39. The highest BCUT2D eigenvalue weighted by Gasteiger charge is 2.12. The Morgan fingerprint density at radius 3 is 2.59 bits per heavy atom. The summed E-state index contributed by atoms with van der Waals surface area (Å²) in [7, 11) is -3.69. The number of rotatable bonds is 5. The summed E-state index contributed by atoms with van der Waals surface area (Å²) in [5.74, 6) is 0.888. The van der Waals surface area contributed by atoms with E-state index < -0.39 is 10.0 Å². The number of thiocarbonyl (C=S) groups is 1. The Kier molecular flexibility index (Phi) is 4.93. The zero-order valence-electron chi connectivity index (χ0n) is 9.34. The zero-order chi connectivity index (χ0) is 13.1. The molecule has 0 saturated carbocycles. The van der Waals surface area contributed by atoms with Crippen molar-refractivity contribution in [3.63, 3.8) is 0 Å². The van der Waals surface area contributed by atoms with E-state index in [4.69, 9.17) is 23.1 Å². The van der Waals surface area contributed by atoms with E-state index in [1.54, 1.807) is 17.8 Å².